The van der Waals surface area contributed by atoms with Crippen LogP contribution in [-0.4, -0.2) is 18.0 Å². The highest BCUT2D eigenvalue weighted by molar-refractivity contribution is 7.14. The minimum absolute atomic E-state index is 0.260. The van der Waals surface area contributed by atoms with Gasteiger partial charge in [-0.3, -0.25) is 5.32 Å². The van der Waals surface area contributed by atoms with Crippen LogP contribution in [-0.2, 0) is 0 Å². The van der Waals surface area contributed by atoms with Crippen LogP contribution in [0.4, 0.5) is 18.6 Å². The molecule has 0 saturated heterocycles. The third kappa shape index (κ3) is 2.69. The molecule has 1 saturated carbocycles. The van der Waals surface area contributed by atoms with Crippen molar-refractivity contribution in [2.24, 2.45) is 0 Å². The Labute approximate surface area is 95.8 Å². The first-order valence-electron chi connectivity index (χ1n) is 4.95. The number of thiophene rings is 1. The molecule has 88 valence electrons. The van der Waals surface area contributed by atoms with Crippen molar-refractivity contribution in [1.29, 1.82) is 0 Å². The summed E-state index contributed by atoms with van der Waals surface area (Å²) in [5.41, 5.74) is 1.07. The number of carbonyl (C=O) groups excluding carboxylic acids is 1. The second-order valence-corrected chi connectivity index (χ2v) is 4.96. The van der Waals surface area contributed by atoms with Crippen molar-refractivity contribution >= 4 is 22.4 Å². The van der Waals surface area contributed by atoms with E-state index in [0.29, 0.717) is 0 Å². The topological polar surface area (TPSA) is 41.1 Å². The molecule has 0 unspecified atom stereocenters. The summed E-state index contributed by atoms with van der Waals surface area (Å²) in [5, 5.41) is 7.75. The molecule has 0 atom stereocenters. The number of urea groups is 1. The van der Waals surface area contributed by atoms with E-state index in [1.807, 2.05) is 18.4 Å². The molecule has 3 nitrogen and oxygen atoms in total. The number of nitrogens with one attached hydrogen (secondary N) is 2. The summed E-state index contributed by atoms with van der Waals surface area (Å²) < 4.78 is 25.0. The van der Waals surface area contributed by atoms with Gasteiger partial charge in [0.05, 0.1) is 5.00 Å². The van der Waals surface area contributed by atoms with E-state index in [4.69, 9.17) is 0 Å². The number of carbonyl (C=O) groups is 1. The van der Waals surface area contributed by atoms with Crippen molar-refractivity contribution in [2.45, 2.75) is 31.7 Å². The van der Waals surface area contributed by atoms with E-state index in [1.54, 1.807) is 0 Å². The molecule has 1 aliphatic carbocycles. The molecule has 16 heavy (non-hydrogen) atoms. The van der Waals surface area contributed by atoms with E-state index in [-0.39, 0.29) is 12.8 Å². The smallest absolute Gasteiger partial charge is 0.320 e. The molecule has 2 amide bonds. The average molecular weight is 246 g/mol. The molecular formula is C10H12F2N2OS. The second-order valence-electron chi connectivity index (χ2n) is 4.05. The van der Waals surface area contributed by atoms with E-state index in [9.17, 15) is 13.6 Å². The summed E-state index contributed by atoms with van der Waals surface area (Å²) in [6, 6.07) is 1.01. The zero-order chi connectivity index (χ0) is 11.8. The maximum Gasteiger partial charge on any atom is 0.320 e. The lowest BCUT2D eigenvalue weighted by Crippen LogP contribution is -2.51. The van der Waals surface area contributed by atoms with E-state index in [2.05, 4.69) is 10.6 Å². The zero-order valence-corrected chi connectivity index (χ0v) is 9.54. The molecule has 0 aromatic carbocycles. The van der Waals surface area contributed by atoms with Crippen molar-refractivity contribution in [3.05, 3.63) is 17.0 Å². The van der Waals surface area contributed by atoms with Crippen LogP contribution in [0.3, 0.4) is 0 Å². The molecule has 1 fully saturated rings. The van der Waals surface area contributed by atoms with Gasteiger partial charge < -0.3 is 5.32 Å². The monoisotopic (exact) mass is 246 g/mol. The molecule has 1 aromatic rings. The van der Waals surface area contributed by atoms with Crippen molar-refractivity contribution in [1.82, 2.24) is 5.32 Å². The Morgan fingerprint density at radius 1 is 1.56 bits per heavy atom. The fourth-order valence-electron chi connectivity index (χ4n) is 1.59. The van der Waals surface area contributed by atoms with Crippen LogP contribution in [0.15, 0.2) is 11.4 Å². The highest BCUT2D eigenvalue weighted by atomic mass is 32.1. The molecule has 1 aliphatic rings. The van der Waals surface area contributed by atoms with E-state index >= 15 is 0 Å². The Balaban J connectivity index is 1.77. The maximum atomic E-state index is 12.5. The van der Waals surface area contributed by atoms with E-state index in [0.717, 1.165) is 10.6 Å². The molecule has 0 radical (unpaired) electrons. The largest absolute Gasteiger partial charge is 0.335 e. The van der Waals surface area contributed by atoms with Crippen LogP contribution in [0.2, 0.25) is 0 Å². The van der Waals surface area contributed by atoms with Gasteiger partial charge in [-0.2, -0.15) is 0 Å². The molecule has 1 heterocycles. The maximum absolute atomic E-state index is 12.5. The van der Waals surface area contributed by atoms with Gasteiger partial charge in [-0.25, -0.2) is 13.6 Å². The standard InChI is InChI=1S/C10H12F2N2OS/c1-6-2-8(16-5-6)14-9(15)13-7-3-10(11,12)4-7/h2,5,7H,3-4H2,1H3,(H2,13,14,15). The van der Waals surface area contributed by atoms with Crippen LogP contribution in [0, 0.1) is 6.92 Å². The number of aryl methyl sites for hydroxylation is 1. The highest BCUT2D eigenvalue weighted by Crippen LogP contribution is 2.37. The number of rotatable bonds is 2. The van der Waals surface area contributed by atoms with Crippen LogP contribution in [0.1, 0.15) is 18.4 Å². The molecule has 0 bridgehead atoms. The van der Waals surface area contributed by atoms with Crippen LogP contribution in [0.25, 0.3) is 0 Å². The molecule has 2 rings (SSSR count). The predicted octanol–water partition coefficient (Wildman–Crippen LogP) is 2.98. The van der Waals surface area contributed by atoms with Crippen molar-refractivity contribution in [3.8, 4) is 0 Å². The summed E-state index contributed by atoms with van der Waals surface area (Å²) in [5.74, 6) is -2.60. The number of alkyl halides is 2. The van der Waals surface area contributed by atoms with Crippen molar-refractivity contribution < 1.29 is 13.6 Å². The number of halogens is 2. The number of anilines is 1. The predicted molar refractivity (Wildman–Crippen MR) is 59.2 cm³/mol. The van der Waals surface area contributed by atoms with Gasteiger partial charge in [-0.1, -0.05) is 0 Å². The third-order valence-corrected chi connectivity index (χ3v) is 3.36. The molecule has 1 aromatic heterocycles. The Morgan fingerprint density at radius 2 is 2.25 bits per heavy atom. The molecule has 2 N–H and O–H groups in total. The molecule has 0 aliphatic heterocycles. The van der Waals surface area contributed by atoms with Crippen molar-refractivity contribution in [3.63, 3.8) is 0 Å². The summed E-state index contributed by atoms with van der Waals surface area (Å²) >= 11 is 1.41. The normalized spacial score (nSPS) is 18.9. The first-order valence-corrected chi connectivity index (χ1v) is 5.83. The lowest BCUT2D eigenvalue weighted by atomic mass is 9.88. The summed E-state index contributed by atoms with van der Waals surface area (Å²) in [7, 11) is 0. The van der Waals surface area contributed by atoms with Crippen LogP contribution in [0.5, 0.6) is 0 Å². The zero-order valence-electron chi connectivity index (χ0n) is 8.72. The van der Waals surface area contributed by atoms with Gasteiger partial charge in [-0.15, -0.1) is 11.3 Å². The summed E-state index contributed by atoms with van der Waals surface area (Å²) in [4.78, 5) is 11.4. The van der Waals surface area contributed by atoms with Gasteiger partial charge in [0.25, 0.3) is 5.92 Å². The van der Waals surface area contributed by atoms with Crippen LogP contribution < -0.4 is 10.6 Å². The van der Waals surface area contributed by atoms with Gasteiger partial charge in [0, 0.05) is 18.9 Å². The van der Waals surface area contributed by atoms with Crippen LogP contribution >= 0.6 is 11.3 Å². The van der Waals surface area contributed by atoms with E-state index in [1.165, 1.54) is 11.3 Å². The van der Waals surface area contributed by atoms with Gasteiger partial charge in [0.15, 0.2) is 0 Å². The quantitative estimate of drug-likeness (QED) is 0.827. The second kappa shape index (κ2) is 4.01. The van der Waals surface area contributed by atoms with Gasteiger partial charge in [0.2, 0.25) is 0 Å². The minimum atomic E-state index is -2.60. The molecular weight excluding hydrogens is 234 g/mol. The Morgan fingerprint density at radius 3 is 2.75 bits per heavy atom. The Kier molecular flexibility index (Phi) is 2.84. The average Bonchev–Trinajstić information content (AvgIpc) is 2.47. The van der Waals surface area contributed by atoms with Gasteiger partial charge in [0.1, 0.15) is 0 Å². The Hall–Kier alpha value is -1.17. The molecule has 6 heteroatoms. The first kappa shape index (κ1) is 11.3. The van der Waals surface area contributed by atoms with Gasteiger partial charge in [-0.05, 0) is 23.9 Å². The fraction of sp³-hybridized carbons (Fsp3) is 0.500. The number of amides is 2. The third-order valence-electron chi connectivity index (χ3n) is 2.39. The fourth-order valence-corrected chi connectivity index (χ4v) is 2.38. The number of hydrogen-bond donors (Lipinski definition) is 2. The lowest BCUT2D eigenvalue weighted by molar-refractivity contribution is -0.0893. The minimum Gasteiger partial charge on any atom is -0.335 e. The first-order chi connectivity index (χ1) is 7.44. The number of hydrogen-bond acceptors (Lipinski definition) is 2. The highest BCUT2D eigenvalue weighted by Gasteiger charge is 2.45. The molecule has 0 spiro atoms. The van der Waals surface area contributed by atoms with Crippen molar-refractivity contribution in [2.75, 3.05) is 5.32 Å². The van der Waals surface area contributed by atoms with Gasteiger partial charge >= 0.3 is 6.03 Å². The summed E-state index contributed by atoms with van der Waals surface area (Å²) in [6.07, 6.45) is -0.520. The lowest BCUT2D eigenvalue weighted by Gasteiger charge is -2.35. The summed E-state index contributed by atoms with van der Waals surface area (Å²) in [6.45, 7) is 1.92. The SMILES string of the molecule is Cc1csc(NC(=O)NC2CC(F)(F)C2)c1. The Bertz CT molecular complexity index is 397. The van der Waals surface area contributed by atoms with E-state index < -0.39 is 18.0 Å².